The van der Waals surface area contributed by atoms with Crippen LogP contribution in [0.15, 0.2) is 30.7 Å². The minimum absolute atomic E-state index is 0.0239. The van der Waals surface area contributed by atoms with Crippen molar-refractivity contribution in [3.8, 4) is 5.69 Å². The van der Waals surface area contributed by atoms with Crippen molar-refractivity contribution in [1.82, 2.24) is 14.8 Å². The molecule has 0 aliphatic rings. The number of carbonyl (C=O) groups excluding carboxylic acids is 1. The van der Waals surface area contributed by atoms with Gasteiger partial charge in [0.2, 0.25) is 5.91 Å². The minimum atomic E-state index is -1.92. The molecule has 166 valence electrons. The molecule has 30 heavy (non-hydrogen) atoms. The van der Waals surface area contributed by atoms with Crippen molar-refractivity contribution in [3.05, 3.63) is 35.9 Å². The van der Waals surface area contributed by atoms with E-state index in [1.54, 1.807) is 39.9 Å². The molecule has 2 rings (SSSR count). The Morgan fingerprint density at radius 2 is 2.10 bits per heavy atom. The van der Waals surface area contributed by atoms with Crippen molar-refractivity contribution in [2.24, 2.45) is 5.92 Å². The topological polar surface area (TPSA) is 60.2 Å². The molecule has 9 heteroatoms. The number of amides is 1. The van der Waals surface area contributed by atoms with Crippen LogP contribution >= 0.6 is 23.4 Å². The first-order chi connectivity index (χ1) is 14.0. The molecule has 2 heterocycles. The van der Waals surface area contributed by atoms with Crippen LogP contribution in [0.25, 0.3) is 5.69 Å². The van der Waals surface area contributed by atoms with Gasteiger partial charge < -0.3 is 9.33 Å². The lowest BCUT2D eigenvalue weighted by Crippen LogP contribution is -2.44. The first-order valence-electron chi connectivity index (χ1n) is 10.1. The van der Waals surface area contributed by atoms with Crippen LogP contribution in [0.4, 0.5) is 5.69 Å². The first kappa shape index (κ1) is 24.9. The summed E-state index contributed by atoms with van der Waals surface area (Å²) in [6, 6.07) is 3.73. The van der Waals surface area contributed by atoms with Crippen molar-refractivity contribution in [2.75, 3.05) is 30.1 Å². The van der Waals surface area contributed by atoms with E-state index in [1.165, 1.54) is 0 Å². The van der Waals surface area contributed by atoms with Crippen LogP contribution in [-0.4, -0.2) is 54.1 Å². The van der Waals surface area contributed by atoms with Gasteiger partial charge in [0, 0.05) is 24.4 Å². The van der Waals surface area contributed by atoms with Crippen LogP contribution < -0.4 is 4.90 Å². The zero-order chi connectivity index (χ0) is 22.5. The number of thioether (sulfide) groups is 1. The Morgan fingerprint density at radius 1 is 1.40 bits per heavy atom. The highest BCUT2D eigenvalue weighted by atomic mass is 35.5. The maximum absolute atomic E-state index is 13.2. The molecule has 0 saturated carbocycles. The summed E-state index contributed by atoms with van der Waals surface area (Å²) in [6.45, 7) is 13.9. The molecule has 6 nitrogen and oxygen atoms in total. The van der Waals surface area contributed by atoms with Crippen LogP contribution in [0.3, 0.4) is 0 Å². The fourth-order valence-electron chi connectivity index (χ4n) is 2.69. The van der Waals surface area contributed by atoms with E-state index in [2.05, 4.69) is 43.9 Å². The molecule has 2 aromatic rings. The predicted molar refractivity (Wildman–Crippen MR) is 129 cm³/mol. The molecular formula is C21H33ClN4O2SSi. The highest BCUT2D eigenvalue weighted by Gasteiger charge is 2.37. The maximum atomic E-state index is 13.2. The van der Waals surface area contributed by atoms with Gasteiger partial charge in [-0.05, 0) is 36.5 Å². The Kier molecular flexibility index (Phi) is 8.56. The van der Waals surface area contributed by atoms with Crippen LogP contribution in [0, 0.1) is 5.92 Å². The summed E-state index contributed by atoms with van der Waals surface area (Å²) < 4.78 is 7.98. The smallest absolute Gasteiger partial charge is 0.230 e. The molecule has 2 aromatic heterocycles. The predicted octanol–water partition coefficient (Wildman–Crippen LogP) is 5.27. The van der Waals surface area contributed by atoms with Gasteiger partial charge in [0.1, 0.15) is 5.69 Å². The molecule has 0 N–H and O–H groups in total. The molecule has 0 bridgehead atoms. The number of aromatic nitrogens is 3. The summed E-state index contributed by atoms with van der Waals surface area (Å²) in [5.41, 5.74) is 1.38. The van der Waals surface area contributed by atoms with E-state index in [1.807, 2.05) is 25.3 Å². The molecule has 1 amide bonds. The number of halogens is 1. The second-order valence-electron chi connectivity index (χ2n) is 8.92. The standard InChI is InChI=1S/C21H33ClN4O2SSi/c1-16(15-29-5)20(27)25(11-12-28-30(6,7)21(2,3)4)18-14-26(24-19(18)22)17-9-8-10-23-13-17/h8-10,13-14,16H,11-12,15H2,1-7H3. The van der Waals surface area contributed by atoms with Gasteiger partial charge in [-0.3, -0.25) is 9.78 Å². The lowest BCUT2D eigenvalue weighted by molar-refractivity contribution is -0.121. The van der Waals surface area contributed by atoms with E-state index in [0.29, 0.717) is 18.8 Å². The lowest BCUT2D eigenvalue weighted by Gasteiger charge is -2.37. The van der Waals surface area contributed by atoms with Gasteiger partial charge in [0.05, 0.1) is 24.7 Å². The van der Waals surface area contributed by atoms with E-state index in [0.717, 1.165) is 11.4 Å². The Bertz CT molecular complexity index is 839. The van der Waals surface area contributed by atoms with Crippen LogP contribution in [-0.2, 0) is 9.22 Å². The summed E-state index contributed by atoms with van der Waals surface area (Å²) in [7, 11) is -1.92. The third kappa shape index (κ3) is 6.09. The Hall–Kier alpha value is -1.35. The monoisotopic (exact) mass is 468 g/mol. The molecule has 0 spiro atoms. The lowest BCUT2D eigenvalue weighted by atomic mass is 10.2. The normalized spacial score (nSPS) is 13.3. The summed E-state index contributed by atoms with van der Waals surface area (Å²) in [6.07, 6.45) is 7.20. The van der Waals surface area contributed by atoms with Crippen molar-refractivity contribution < 1.29 is 9.22 Å². The second kappa shape index (κ2) is 10.3. The molecule has 1 atom stereocenters. The molecule has 0 aromatic carbocycles. The third-order valence-corrected chi connectivity index (χ3v) is 11.2. The first-order valence-corrected chi connectivity index (χ1v) is 14.8. The number of rotatable bonds is 9. The molecule has 1 unspecified atom stereocenters. The van der Waals surface area contributed by atoms with Crippen molar-refractivity contribution >= 4 is 43.3 Å². The minimum Gasteiger partial charge on any atom is -0.415 e. The average Bonchev–Trinajstić information content (AvgIpc) is 3.06. The summed E-state index contributed by atoms with van der Waals surface area (Å²) in [4.78, 5) is 19.1. The Balaban J connectivity index is 2.28. The number of hydrogen-bond acceptors (Lipinski definition) is 5. The van der Waals surface area contributed by atoms with Crippen molar-refractivity contribution in [1.29, 1.82) is 0 Å². The third-order valence-electron chi connectivity index (χ3n) is 5.54. The summed E-state index contributed by atoms with van der Waals surface area (Å²) in [5, 5.41) is 4.79. The quantitative estimate of drug-likeness (QED) is 0.469. The fraction of sp³-hybridized carbons (Fsp3) is 0.571. The van der Waals surface area contributed by atoms with Crippen LogP contribution in [0.2, 0.25) is 23.3 Å². The number of nitrogens with zero attached hydrogens (tertiary/aromatic N) is 4. The SMILES string of the molecule is CSCC(C)C(=O)N(CCO[Si](C)(C)C(C)(C)C)c1cn(-c2cccnc2)nc1Cl. The van der Waals surface area contributed by atoms with Gasteiger partial charge in [-0.25, -0.2) is 4.68 Å². The van der Waals surface area contributed by atoms with E-state index < -0.39 is 8.32 Å². The van der Waals surface area contributed by atoms with Gasteiger partial charge in [-0.15, -0.1) is 0 Å². The maximum Gasteiger partial charge on any atom is 0.230 e. The largest absolute Gasteiger partial charge is 0.415 e. The molecular weight excluding hydrogens is 436 g/mol. The average molecular weight is 469 g/mol. The molecule has 0 radical (unpaired) electrons. The zero-order valence-electron chi connectivity index (χ0n) is 19.0. The zero-order valence-corrected chi connectivity index (χ0v) is 21.5. The number of carbonyl (C=O) groups is 1. The highest BCUT2D eigenvalue weighted by molar-refractivity contribution is 7.98. The molecule has 0 saturated heterocycles. The number of anilines is 1. The molecule has 0 aliphatic carbocycles. The molecule has 0 aliphatic heterocycles. The Labute approximate surface area is 190 Å². The van der Waals surface area contributed by atoms with Gasteiger partial charge in [-0.1, -0.05) is 39.3 Å². The van der Waals surface area contributed by atoms with E-state index in [-0.39, 0.29) is 22.0 Å². The van der Waals surface area contributed by atoms with E-state index in [9.17, 15) is 4.79 Å². The summed E-state index contributed by atoms with van der Waals surface area (Å²) in [5.74, 6) is 0.633. The summed E-state index contributed by atoms with van der Waals surface area (Å²) >= 11 is 8.13. The van der Waals surface area contributed by atoms with Gasteiger partial charge in [0.15, 0.2) is 13.5 Å². The van der Waals surface area contributed by atoms with Crippen molar-refractivity contribution in [2.45, 2.75) is 45.8 Å². The number of hydrogen-bond donors (Lipinski definition) is 0. The van der Waals surface area contributed by atoms with Gasteiger partial charge in [-0.2, -0.15) is 16.9 Å². The van der Waals surface area contributed by atoms with E-state index >= 15 is 0 Å². The van der Waals surface area contributed by atoms with Crippen LogP contribution in [0.5, 0.6) is 0 Å². The van der Waals surface area contributed by atoms with Crippen molar-refractivity contribution in [3.63, 3.8) is 0 Å². The van der Waals surface area contributed by atoms with E-state index in [4.69, 9.17) is 16.0 Å². The highest BCUT2D eigenvalue weighted by Crippen LogP contribution is 2.36. The van der Waals surface area contributed by atoms with Crippen LogP contribution in [0.1, 0.15) is 27.7 Å². The van der Waals surface area contributed by atoms with Gasteiger partial charge in [0.25, 0.3) is 0 Å². The second-order valence-corrected chi connectivity index (χ2v) is 15.0. The van der Waals surface area contributed by atoms with Gasteiger partial charge >= 0.3 is 0 Å². The Morgan fingerprint density at radius 3 is 2.67 bits per heavy atom. The fourth-order valence-corrected chi connectivity index (χ4v) is 4.60. The molecule has 0 fully saturated rings. The number of pyridine rings is 1.